The van der Waals surface area contributed by atoms with Crippen LogP contribution in [0.3, 0.4) is 0 Å². The molecule has 0 unspecified atom stereocenters. The van der Waals surface area contributed by atoms with Crippen LogP contribution in [-0.2, 0) is 6.54 Å². The van der Waals surface area contributed by atoms with Gasteiger partial charge in [0.2, 0.25) is 0 Å². The summed E-state index contributed by atoms with van der Waals surface area (Å²) in [6, 6.07) is 0. The van der Waals surface area contributed by atoms with Crippen LogP contribution in [0.25, 0.3) is 0 Å². The Labute approximate surface area is 61.6 Å². The van der Waals surface area contributed by atoms with E-state index in [1.165, 1.54) is 10.9 Å². The van der Waals surface area contributed by atoms with Crippen molar-refractivity contribution in [2.24, 2.45) is 0 Å². The molecule has 0 aromatic carbocycles. The maximum atomic E-state index is 10.7. The van der Waals surface area contributed by atoms with Gasteiger partial charge in [0.25, 0.3) is 0 Å². The number of nitro groups is 1. The molecule has 6 nitrogen and oxygen atoms in total. The number of hydrogen-bond acceptors (Lipinski definition) is 3. The summed E-state index contributed by atoms with van der Waals surface area (Å²) in [7, 11) is 0. The zero-order valence-electron chi connectivity index (χ0n) is 5.90. The van der Waals surface area contributed by atoms with Crippen LogP contribution in [0, 0.1) is 10.1 Å². The zero-order chi connectivity index (χ0) is 8.43. The van der Waals surface area contributed by atoms with E-state index in [2.05, 4.69) is 5.10 Å². The molecule has 0 aliphatic rings. The highest BCUT2D eigenvalue weighted by molar-refractivity contribution is 5.20. The lowest BCUT2D eigenvalue weighted by Gasteiger charge is -1.89. The van der Waals surface area contributed by atoms with E-state index >= 15 is 0 Å². The highest BCUT2D eigenvalue weighted by Gasteiger charge is 2.13. The van der Waals surface area contributed by atoms with Gasteiger partial charge in [-0.3, -0.25) is 24.7 Å². The summed E-state index contributed by atoms with van der Waals surface area (Å²) in [4.78, 5) is 20.1. The van der Waals surface area contributed by atoms with Crippen LogP contribution in [0.1, 0.15) is 6.92 Å². The summed E-state index contributed by atoms with van der Waals surface area (Å²) in [5.74, 6) is 0. The molecular weight excluding hydrogens is 150 g/mol. The molecule has 0 radical (unpaired) electrons. The van der Waals surface area contributed by atoms with Crippen LogP contribution in [-0.4, -0.2) is 14.7 Å². The van der Waals surface area contributed by atoms with Crippen molar-refractivity contribution in [1.29, 1.82) is 0 Å². The Morgan fingerprint density at radius 2 is 2.45 bits per heavy atom. The van der Waals surface area contributed by atoms with Gasteiger partial charge in [-0.05, 0) is 6.92 Å². The first kappa shape index (κ1) is 7.52. The minimum Gasteiger partial charge on any atom is -0.286 e. The molecule has 1 rings (SSSR count). The Morgan fingerprint density at radius 1 is 1.82 bits per heavy atom. The molecule has 1 N–H and O–H groups in total. The van der Waals surface area contributed by atoms with E-state index in [-0.39, 0.29) is 0 Å². The van der Waals surface area contributed by atoms with E-state index < -0.39 is 16.2 Å². The molecule has 6 heteroatoms. The van der Waals surface area contributed by atoms with Crippen molar-refractivity contribution in [3.05, 3.63) is 26.7 Å². The van der Waals surface area contributed by atoms with Gasteiger partial charge >= 0.3 is 11.2 Å². The van der Waals surface area contributed by atoms with Crippen LogP contribution in [0.4, 0.5) is 5.69 Å². The largest absolute Gasteiger partial charge is 0.352 e. The average Bonchev–Trinajstić information content (AvgIpc) is 2.30. The highest BCUT2D eigenvalue weighted by atomic mass is 16.6. The highest BCUT2D eigenvalue weighted by Crippen LogP contribution is 2.00. The molecule has 0 saturated heterocycles. The Balaban J connectivity index is 3.18. The minimum absolute atomic E-state index is 0.410. The van der Waals surface area contributed by atoms with Gasteiger partial charge in [-0.2, -0.15) is 0 Å². The number of aromatic amines is 1. The fraction of sp³-hybridized carbons (Fsp3) is 0.400. The van der Waals surface area contributed by atoms with Crippen molar-refractivity contribution >= 4 is 5.69 Å². The molecule has 0 amide bonds. The van der Waals surface area contributed by atoms with Gasteiger partial charge in [-0.1, -0.05) is 0 Å². The minimum atomic E-state index is -0.703. The number of aryl methyl sites for hydroxylation is 1. The second-order valence-electron chi connectivity index (χ2n) is 2.00. The van der Waals surface area contributed by atoms with Gasteiger partial charge in [0.05, 0.1) is 4.92 Å². The summed E-state index contributed by atoms with van der Waals surface area (Å²) in [5.41, 5.74) is -1.07. The summed E-state index contributed by atoms with van der Waals surface area (Å²) < 4.78 is 1.36. The molecule has 60 valence electrons. The van der Waals surface area contributed by atoms with Crippen LogP contribution in [0.5, 0.6) is 0 Å². The van der Waals surface area contributed by atoms with Crippen LogP contribution < -0.4 is 5.56 Å². The van der Waals surface area contributed by atoms with Gasteiger partial charge in [0.15, 0.2) is 0 Å². The van der Waals surface area contributed by atoms with Crippen LogP contribution in [0.2, 0.25) is 0 Å². The number of nitrogens with one attached hydrogen (secondary N) is 1. The quantitative estimate of drug-likeness (QED) is 0.488. The third kappa shape index (κ3) is 1.28. The molecule has 1 aromatic heterocycles. The van der Waals surface area contributed by atoms with Gasteiger partial charge < -0.3 is 0 Å². The van der Waals surface area contributed by atoms with Crippen molar-refractivity contribution in [1.82, 2.24) is 9.78 Å². The molecule has 0 spiro atoms. The normalized spacial score (nSPS) is 9.91. The number of aromatic nitrogens is 2. The molecule has 11 heavy (non-hydrogen) atoms. The third-order valence-corrected chi connectivity index (χ3v) is 1.29. The Morgan fingerprint density at radius 3 is 2.73 bits per heavy atom. The fourth-order valence-electron chi connectivity index (χ4n) is 0.727. The van der Waals surface area contributed by atoms with E-state index in [0.29, 0.717) is 6.54 Å². The predicted molar refractivity (Wildman–Crippen MR) is 37.4 cm³/mol. The number of hydrogen-bond donors (Lipinski definition) is 1. The average molecular weight is 157 g/mol. The molecule has 0 bridgehead atoms. The molecule has 0 aliphatic heterocycles. The lowest BCUT2D eigenvalue weighted by atomic mass is 10.6. The number of H-pyrrole nitrogens is 1. The van der Waals surface area contributed by atoms with Crippen molar-refractivity contribution in [2.45, 2.75) is 13.5 Å². The van der Waals surface area contributed by atoms with Gasteiger partial charge in [-0.15, -0.1) is 0 Å². The predicted octanol–water partition coefficient (Wildman–Crippen LogP) is 0.104. The maximum Gasteiger partial charge on any atom is 0.352 e. The number of rotatable bonds is 2. The van der Waals surface area contributed by atoms with Crippen molar-refractivity contribution in [3.63, 3.8) is 0 Å². The lowest BCUT2D eigenvalue weighted by Crippen LogP contribution is -2.06. The molecule has 0 atom stereocenters. The van der Waals surface area contributed by atoms with E-state index in [1.807, 2.05) is 0 Å². The van der Waals surface area contributed by atoms with Gasteiger partial charge in [0.1, 0.15) is 6.20 Å². The van der Waals surface area contributed by atoms with Gasteiger partial charge in [-0.25, -0.2) is 0 Å². The van der Waals surface area contributed by atoms with Crippen molar-refractivity contribution in [3.8, 4) is 0 Å². The summed E-state index contributed by atoms with van der Waals surface area (Å²) in [5, 5.41) is 12.4. The Hall–Kier alpha value is -1.59. The Kier molecular flexibility index (Phi) is 1.75. The molecule has 0 aliphatic carbocycles. The van der Waals surface area contributed by atoms with E-state index in [0.717, 1.165) is 0 Å². The first-order valence-corrected chi connectivity index (χ1v) is 3.09. The Bertz CT molecular complexity index is 324. The molecule has 0 saturated carbocycles. The van der Waals surface area contributed by atoms with Crippen LogP contribution in [0.15, 0.2) is 11.0 Å². The maximum absolute atomic E-state index is 10.7. The zero-order valence-corrected chi connectivity index (χ0v) is 5.90. The van der Waals surface area contributed by atoms with Crippen molar-refractivity contribution in [2.75, 3.05) is 0 Å². The second-order valence-corrected chi connectivity index (χ2v) is 2.00. The molecule has 1 heterocycles. The van der Waals surface area contributed by atoms with Crippen molar-refractivity contribution < 1.29 is 4.92 Å². The first-order valence-electron chi connectivity index (χ1n) is 3.09. The van der Waals surface area contributed by atoms with Gasteiger partial charge in [0, 0.05) is 6.54 Å². The van der Waals surface area contributed by atoms with Crippen LogP contribution >= 0.6 is 0 Å². The lowest BCUT2D eigenvalue weighted by molar-refractivity contribution is -0.386. The SMILES string of the molecule is CCn1cc([N+](=O)[O-])c(=O)[nH]1. The smallest absolute Gasteiger partial charge is 0.286 e. The fourth-order valence-corrected chi connectivity index (χ4v) is 0.727. The third-order valence-electron chi connectivity index (χ3n) is 1.29. The monoisotopic (exact) mass is 157 g/mol. The van der Waals surface area contributed by atoms with E-state index in [1.54, 1.807) is 6.92 Å². The first-order chi connectivity index (χ1) is 5.15. The van der Waals surface area contributed by atoms with E-state index in [4.69, 9.17) is 0 Å². The molecule has 1 aromatic rings. The molecule has 0 fully saturated rings. The standard InChI is InChI=1S/C5H7N3O3/c1-2-7-3-4(8(10)11)5(9)6-7/h3H,2H2,1H3,(H,6,9). The topological polar surface area (TPSA) is 80.9 Å². The summed E-state index contributed by atoms with van der Waals surface area (Å²) in [6.07, 6.45) is 1.18. The molecular formula is C5H7N3O3. The summed E-state index contributed by atoms with van der Waals surface area (Å²) in [6.45, 7) is 2.29. The second kappa shape index (κ2) is 2.57. The number of nitrogens with zero attached hydrogens (tertiary/aromatic N) is 2. The van der Waals surface area contributed by atoms with E-state index in [9.17, 15) is 14.9 Å². The summed E-state index contributed by atoms with van der Waals surface area (Å²) >= 11 is 0.